The summed E-state index contributed by atoms with van der Waals surface area (Å²) in [5.74, 6) is -1.09. The summed E-state index contributed by atoms with van der Waals surface area (Å²) in [5, 5.41) is 11.0. The molecule has 1 aromatic heterocycles. The predicted octanol–water partition coefficient (Wildman–Crippen LogP) is 5.05. The van der Waals surface area contributed by atoms with E-state index in [-0.39, 0.29) is 17.4 Å². The van der Waals surface area contributed by atoms with Crippen molar-refractivity contribution in [1.29, 1.82) is 0 Å². The number of carboxylic acid groups (broad SMARTS) is 1. The number of nitrogens with zero attached hydrogens (tertiary/aromatic N) is 1. The van der Waals surface area contributed by atoms with Crippen molar-refractivity contribution in [1.82, 2.24) is 4.90 Å². The molecule has 0 spiro atoms. The Labute approximate surface area is 204 Å². The first-order chi connectivity index (χ1) is 16.4. The Balaban J connectivity index is 1.36. The van der Waals surface area contributed by atoms with E-state index >= 15 is 0 Å². The van der Waals surface area contributed by atoms with Gasteiger partial charge in [-0.05, 0) is 54.0 Å². The van der Waals surface area contributed by atoms with E-state index in [0.29, 0.717) is 31.6 Å². The smallest absolute Gasteiger partial charge is 0.309 e. The van der Waals surface area contributed by atoms with Gasteiger partial charge in [-0.15, -0.1) is 11.3 Å². The highest BCUT2D eigenvalue weighted by molar-refractivity contribution is 7.87. The van der Waals surface area contributed by atoms with Crippen molar-refractivity contribution in [2.45, 2.75) is 37.1 Å². The molecule has 0 aliphatic carbocycles. The van der Waals surface area contributed by atoms with Gasteiger partial charge in [-0.2, -0.15) is 8.42 Å². The van der Waals surface area contributed by atoms with Gasteiger partial charge in [-0.1, -0.05) is 48.9 Å². The molecule has 1 saturated heterocycles. The van der Waals surface area contributed by atoms with Crippen LogP contribution in [0.25, 0.3) is 10.4 Å². The van der Waals surface area contributed by atoms with Crippen LogP contribution >= 0.6 is 11.3 Å². The molecule has 3 aromatic rings. The van der Waals surface area contributed by atoms with Gasteiger partial charge in [0.15, 0.2) is 0 Å². The van der Waals surface area contributed by atoms with Crippen molar-refractivity contribution in [3.8, 4) is 10.4 Å². The fourth-order valence-electron chi connectivity index (χ4n) is 4.12. The summed E-state index contributed by atoms with van der Waals surface area (Å²) in [6.45, 7) is 1.77. The Hall–Kier alpha value is -2.52. The largest absolute Gasteiger partial charge is 0.481 e. The maximum absolute atomic E-state index is 13.0. The Bertz CT molecular complexity index is 1190. The van der Waals surface area contributed by atoms with Crippen LogP contribution in [0.3, 0.4) is 0 Å². The summed E-state index contributed by atoms with van der Waals surface area (Å²) < 4.78 is 31.5. The van der Waals surface area contributed by atoms with Crippen LogP contribution in [0.5, 0.6) is 0 Å². The lowest BCUT2D eigenvalue weighted by Gasteiger charge is -2.36. The van der Waals surface area contributed by atoms with Gasteiger partial charge in [0.2, 0.25) is 0 Å². The van der Waals surface area contributed by atoms with Crippen LogP contribution in [-0.4, -0.2) is 44.1 Å². The summed E-state index contributed by atoms with van der Waals surface area (Å²) in [6.07, 6.45) is 3.54. The fourth-order valence-corrected chi connectivity index (χ4v) is 6.07. The van der Waals surface area contributed by atoms with Crippen LogP contribution in [0.2, 0.25) is 0 Å². The number of hydrogen-bond acceptors (Lipinski definition) is 6. The zero-order valence-electron chi connectivity index (χ0n) is 18.9. The average molecular weight is 500 g/mol. The SMILES string of the molecule is O=C(O)C1CN(Cc2ccc(S(=O)(=O)OCCCCCc3ccccc3)c(-c3cccs3)c2)C1. The second-order valence-electron chi connectivity index (χ2n) is 8.61. The average Bonchev–Trinajstić information content (AvgIpc) is 3.33. The van der Waals surface area contributed by atoms with Gasteiger partial charge in [0.05, 0.1) is 12.5 Å². The summed E-state index contributed by atoms with van der Waals surface area (Å²) in [7, 11) is -3.90. The number of hydrogen-bond donors (Lipinski definition) is 1. The van der Waals surface area contributed by atoms with Crippen LogP contribution in [0, 0.1) is 5.92 Å². The third kappa shape index (κ3) is 6.33. The molecule has 2 heterocycles. The third-order valence-corrected chi connectivity index (χ3v) is 8.28. The lowest BCUT2D eigenvalue weighted by Crippen LogP contribution is -2.49. The fraction of sp³-hybridized carbons (Fsp3) is 0.346. The molecule has 180 valence electrons. The highest BCUT2D eigenvalue weighted by Crippen LogP contribution is 2.33. The molecule has 1 aliphatic rings. The number of aliphatic carboxylic acids is 1. The Morgan fingerprint density at radius 1 is 1.00 bits per heavy atom. The van der Waals surface area contributed by atoms with E-state index in [1.807, 2.05) is 46.7 Å². The molecule has 0 saturated carbocycles. The van der Waals surface area contributed by atoms with Gasteiger partial charge in [0, 0.05) is 30.1 Å². The van der Waals surface area contributed by atoms with Crippen molar-refractivity contribution < 1.29 is 22.5 Å². The van der Waals surface area contributed by atoms with Gasteiger partial charge in [0.25, 0.3) is 10.1 Å². The molecule has 0 atom stereocenters. The number of rotatable bonds is 12. The van der Waals surface area contributed by atoms with Crippen molar-refractivity contribution in [3.05, 3.63) is 77.2 Å². The van der Waals surface area contributed by atoms with Crippen LogP contribution in [0.1, 0.15) is 30.4 Å². The summed E-state index contributed by atoms with van der Waals surface area (Å²) >= 11 is 1.48. The highest BCUT2D eigenvalue weighted by Gasteiger charge is 2.32. The van der Waals surface area contributed by atoms with Gasteiger partial charge < -0.3 is 5.11 Å². The van der Waals surface area contributed by atoms with Crippen molar-refractivity contribution in [2.24, 2.45) is 5.92 Å². The van der Waals surface area contributed by atoms with Crippen LogP contribution < -0.4 is 0 Å². The molecular weight excluding hydrogens is 470 g/mol. The highest BCUT2D eigenvalue weighted by atomic mass is 32.2. The number of thiophene rings is 1. The van der Waals surface area contributed by atoms with Gasteiger partial charge in [-0.3, -0.25) is 13.9 Å². The number of unbranched alkanes of at least 4 members (excludes halogenated alkanes) is 2. The standard InChI is InChI=1S/C26H29NO5S2/c28-26(29)22-18-27(19-22)17-21-12-13-25(23(16-21)24-11-7-15-33-24)34(30,31)32-14-6-2-5-10-20-8-3-1-4-9-20/h1,3-4,7-9,11-13,15-16,22H,2,5-6,10,14,17-19H2,(H,28,29). The predicted molar refractivity (Wildman–Crippen MR) is 133 cm³/mol. The van der Waals surface area contributed by atoms with Crippen molar-refractivity contribution >= 4 is 27.4 Å². The first-order valence-corrected chi connectivity index (χ1v) is 13.8. The zero-order valence-corrected chi connectivity index (χ0v) is 20.6. The van der Waals surface area contributed by atoms with Crippen LogP contribution in [0.15, 0.2) is 70.9 Å². The topological polar surface area (TPSA) is 83.9 Å². The van der Waals surface area contributed by atoms with E-state index in [2.05, 4.69) is 12.1 Å². The van der Waals surface area contributed by atoms with E-state index in [1.165, 1.54) is 16.9 Å². The number of carboxylic acids is 1. The van der Waals surface area contributed by atoms with E-state index < -0.39 is 16.1 Å². The third-order valence-electron chi connectivity index (χ3n) is 6.00. The molecule has 1 N–H and O–H groups in total. The minimum absolute atomic E-state index is 0.160. The first-order valence-electron chi connectivity index (χ1n) is 11.5. The summed E-state index contributed by atoms with van der Waals surface area (Å²) in [4.78, 5) is 14.1. The van der Waals surface area contributed by atoms with Crippen LogP contribution in [0.4, 0.5) is 0 Å². The summed E-state index contributed by atoms with van der Waals surface area (Å²) in [5.41, 5.74) is 2.87. The summed E-state index contributed by atoms with van der Waals surface area (Å²) in [6, 6.07) is 19.3. The van der Waals surface area contributed by atoms with E-state index in [9.17, 15) is 13.2 Å². The minimum atomic E-state index is -3.90. The monoisotopic (exact) mass is 499 g/mol. The maximum atomic E-state index is 13.0. The minimum Gasteiger partial charge on any atom is -0.481 e. The molecule has 0 bridgehead atoms. The zero-order chi connectivity index (χ0) is 24.0. The molecule has 34 heavy (non-hydrogen) atoms. The van der Waals surface area contributed by atoms with Gasteiger partial charge >= 0.3 is 5.97 Å². The molecule has 8 heteroatoms. The Morgan fingerprint density at radius 3 is 2.50 bits per heavy atom. The molecule has 2 aromatic carbocycles. The van der Waals surface area contributed by atoms with E-state index in [4.69, 9.17) is 9.29 Å². The number of benzene rings is 2. The molecule has 0 amide bonds. The molecular formula is C26H29NO5S2. The quantitative estimate of drug-likeness (QED) is 0.277. The second kappa shape index (κ2) is 11.3. The lowest BCUT2D eigenvalue weighted by molar-refractivity contribution is -0.147. The molecule has 6 nitrogen and oxygen atoms in total. The number of carbonyl (C=O) groups is 1. The van der Waals surface area contributed by atoms with Crippen LogP contribution in [-0.2, 0) is 32.1 Å². The normalized spacial score (nSPS) is 14.7. The van der Waals surface area contributed by atoms with Crippen molar-refractivity contribution in [2.75, 3.05) is 19.7 Å². The molecule has 0 radical (unpaired) electrons. The molecule has 0 unspecified atom stereocenters. The lowest BCUT2D eigenvalue weighted by atomic mass is 9.99. The van der Waals surface area contributed by atoms with E-state index in [1.54, 1.807) is 12.1 Å². The Morgan fingerprint density at radius 2 is 1.79 bits per heavy atom. The second-order valence-corrected chi connectivity index (χ2v) is 11.1. The first kappa shape index (κ1) is 24.6. The maximum Gasteiger partial charge on any atom is 0.309 e. The molecule has 4 rings (SSSR count). The number of aryl methyl sites for hydroxylation is 1. The van der Waals surface area contributed by atoms with Gasteiger partial charge in [-0.25, -0.2) is 0 Å². The Kier molecular flexibility index (Phi) is 8.15. The molecule has 1 aliphatic heterocycles. The van der Waals surface area contributed by atoms with Gasteiger partial charge in [0.1, 0.15) is 4.90 Å². The number of likely N-dealkylation sites (tertiary alicyclic amines) is 1. The van der Waals surface area contributed by atoms with E-state index in [0.717, 1.165) is 29.7 Å². The van der Waals surface area contributed by atoms with Crippen molar-refractivity contribution in [3.63, 3.8) is 0 Å². The molecule has 1 fully saturated rings.